The molecule has 0 unspecified atom stereocenters. The van der Waals surface area contributed by atoms with Gasteiger partial charge in [-0.25, -0.2) is 0 Å². The van der Waals surface area contributed by atoms with Crippen LogP contribution in [0.5, 0.6) is 0 Å². The summed E-state index contributed by atoms with van der Waals surface area (Å²) in [6, 6.07) is 32.7. The molecule has 0 atom stereocenters. The van der Waals surface area contributed by atoms with Gasteiger partial charge in [-0.3, -0.25) is 0 Å². The van der Waals surface area contributed by atoms with E-state index in [1.54, 1.807) is 0 Å². The molecule has 228 valence electrons. The van der Waals surface area contributed by atoms with Crippen LogP contribution < -0.4 is 0 Å². The molecule has 4 aromatic carbocycles. The molecular weight excluding hydrogens is 529 g/mol. The van der Waals surface area contributed by atoms with E-state index in [0.717, 1.165) is 22.3 Å². The molecule has 0 aliphatic rings. The smallest absolute Gasteiger partial charge is 0.402 e. The zero-order valence-electron chi connectivity index (χ0n) is 27.5. The van der Waals surface area contributed by atoms with E-state index in [2.05, 4.69) is 104 Å². The van der Waals surface area contributed by atoms with Gasteiger partial charge in [-0.15, -0.1) is 0 Å². The quantitative estimate of drug-likeness (QED) is 0.135. The second-order valence-electron chi connectivity index (χ2n) is 11.6. The van der Waals surface area contributed by atoms with Crippen molar-refractivity contribution < 1.29 is 18.8 Å². The predicted octanol–water partition coefficient (Wildman–Crippen LogP) is 8.69. The Balaban J connectivity index is 0.000000489. The highest BCUT2D eigenvalue weighted by Gasteiger charge is 2.29. The number of nitrogens with zero attached hydrogens (tertiary/aromatic N) is 1. The topological polar surface area (TPSA) is 38.7 Å². The van der Waals surface area contributed by atoms with Crippen LogP contribution in [0.3, 0.4) is 0 Å². The highest BCUT2D eigenvalue weighted by Crippen LogP contribution is 2.31. The van der Waals surface area contributed by atoms with Crippen LogP contribution in [-0.2, 0) is 9.31 Å². The molecular formula is C38H51BNO3+. The first kappa shape index (κ1) is 34.3. The molecule has 0 saturated carbocycles. The lowest BCUT2D eigenvalue weighted by molar-refractivity contribution is -0.921. The monoisotopic (exact) mass is 580 g/mol. The van der Waals surface area contributed by atoms with E-state index in [1.165, 1.54) is 52.9 Å². The third-order valence-electron chi connectivity index (χ3n) is 8.71. The standard InChI is InChI=1S/C30H31BO3.C8H20N/c1-21-5-13-25(14-6-21)29(26-15-7-22(2)8-16-26)33-31(32)34-30(27-17-9-23(3)10-18-27)28-19-11-24(4)12-20-28;1-5-9(6-2,7-3)8-4/h5-20,29-30,32H,1-4H3;5-8H2,1-4H3/q;+1. The van der Waals surface area contributed by atoms with Crippen molar-refractivity contribution in [2.45, 2.75) is 67.6 Å². The lowest BCUT2D eigenvalue weighted by Gasteiger charge is -2.34. The summed E-state index contributed by atoms with van der Waals surface area (Å²) in [6.07, 6.45) is -0.930. The first-order valence-corrected chi connectivity index (χ1v) is 15.7. The Morgan fingerprint density at radius 3 is 0.837 bits per heavy atom. The van der Waals surface area contributed by atoms with Gasteiger partial charge in [-0.1, -0.05) is 119 Å². The zero-order chi connectivity index (χ0) is 31.4. The first-order valence-electron chi connectivity index (χ1n) is 15.7. The van der Waals surface area contributed by atoms with E-state index in [0.29, 0.717) is 0 Å². The van der Waals surface area contributed by atoms with Gasteiger partial charge in [-0.05, 0) is 77.6 Å². The van der Waals surface area contributed by atoms with Crippen molar-refractivity contribution in [2.24, 2.45) is 0 Å². The van der Waals surface area contributed by atoms with Crippen molar-refractivity contribution in [2.75, 3.05) is 26.2 Å². The second kappa shape index (κ2) is 16.6. The minimum absolute atomic E-state index is 0.465. The Morgan fingerprint density at radius 2 is 0.674 bits per heavy atom. The van der Waals surface area contributed by atoms with Gasteiger partial charge in [0.15, 0.2) is 0 Å². The van der Waals surface area contributed by atoms with Crippen LogP contribution in [0.25, 0.3) is 0 Å². The summed E-state index contributed by atoms with van der Waals surface area (Å²) in [4.78, 5) is 0. The van der Waals surface area contributed by atoms with Gasteiger partial charge in [0.1, 0.15) is 0 Å². The molecule has 0 spiro atoms. The van der Waals surface area contributed by atoms with Gasteiger partial charge in [-0.2, -0.15) is 0 Å². The molecule has 4 aromatic rings. The Hall–Kier alpha value is -3.22. The van der Waals surface area contributed by atoms with E-state index in [1.807, 2.05) is 48.5 Å². The predicted molar refractivity (Wildman–Crippen MR) is 181 cm³/mol. The molecule has 0 radical (unpaired) electrons. The molecule has 0 aliphatic carbocycles. The zero-order valence-corrected chi connectivity index (χ0v) is 27.5. The Bertz CT molecular complexity index is 1140. The summed E-state index contributed by atoms with van der Waals surface area (Å²) >= 11 is 0. The number of aryl methyl sites for hydroxylation is 4. The average molecular weight is 581 g/mol. The van der Waals surface area contributed by atoms with E-state index < -0.39 is 19.5 Å². The maximum absolute atomic E-state index is 11.0. The second-order valence-corrected chi connectivity index (χ2v) is 11.6. The molecule has 4 nitrogen and oxygen atoms in total. The van der Waals surface area contributed by atoms with E-state index in [4.69, 9.17) is 9.31 Å². The van der Waals surface area contributed by atoms with Crippen molar-refractivity contribution in [3.8, 4) is 0 Å². The molecule has 0 fully saturated rings. The summed E-state index contributed by atoms with van der Waals surface area (Å²) in [5.74, 6) is 0. The molecule has 4 rings (SSSR count). The van der Waals surface area contributed by atoms with Crippen LogP contribution in [0.4, 0.5) is 0 Å². The van der Waals surface area contributed by atoms with Crippen LogP contribution in [0.15, 0.2) is 97.1 Å². The fraction of sp³-hybridized carbons (Fsp3) is 0.368. The number of benzene rings is 4. The van der Waals surface area contributed by atoms with Crippen LogP contribution in [0, 0.1) is 27.7 Å². The summed E-state index contributed by atoms with van der Waals surface area (Å²) in [6.45, 7) is 22.4. The lowest BCUT2D eigenvalue weighted by Crippen LogP contribution is -2.47. The number of hydrogen-bond donors (Lipinski definition) is 1. The fourth-order valence-electron chi connectivity index (χ4n) is 5.27. The maximum Gasteiger partial charge on any atom is 0.638 e. The van der Waals surface area contributed by atoms with Crippen LogP contribution in [0.2, 0.25) is 0 Å². The van der Waals surface area contributed by atoms with Gasteiger partial charge in [0.2, 0.25) is 0 Å². The third-order valence-corrected chi connectivity index (χ3v) is 8.71. The van der Waals surface area contributed by atoms with Crippen molar-refractivity contribution in [3.05, 3.63) is 142 Å². The molecule has 5 heteroatoms. The summed E-state index contributed by atoms with van der Waals surface area (Å²) < 4.78 is 13.6. The van der Waals surface area contributed by atoms with Gasteiger partial charge < -0.3 is 18.8 Å². The van der Waals surface area contributed by atoms with E-state index >= 15 is 0 Å². The van der Waals surface area contributed by atoms with Crippen LogP contribution in [0.1, 0.15) is 84.4 Å². The summed E-state index contributed by atoms with van der Waals surface area (Å²) in [7, 11) is -1.43. The Morgan fingerprint density at radius 1 is 0.465 bits per heavy atom. The highest BCUT2D eigenvalue weighted by atomic mass is 16.7. The molecule has 0 aliphatic heterocycles. The van der Waals surface area contributed by atoms with Crippen molar-refractivity contribution in [1.29, 1.82) is 0 Å². The number of rotatable bonds is 12. The summed E-state index contributed by atoms with van der Waals surface area (Å²) in [5.41, 5.74) is 8.50. The van der Waals surface area contributed by atoms with Gasteiger partial charge >= 0.3 is 7.32 Å². The molecule has 0 bridgehead atoms. The normalized spacial score (nSPS) is 11.4. The minimum Gasteiger partial charge on any atom is -0.402 e. The van der Waals surface area contributed by atoms with Gasteiger partial charge in [0.25, 0.3) is 0 Å². The third kappa shape index (κ3) is 9.91. The molecule has 0 amide bonds. The average Bonchev–Trinajstić information content (AvgIpc) is 3.02. The number of quaternary nitrogens is 1. The Kier molecular flexibility index (Phi) is 13.2. The maximum atomic E-state index is 11.0. The summed E-state index contributed by atoms with van der Waals surface area (Å²) in [5, 5.41) is 11.0. The van der Waals surface area contributed by atoms with Crippen LogP contribution in [-0.4, -0.2) is 43.0 Å². The van der Waals surface area contributed by atoms with Gasteiger partial charge in [0.05, 0.1) is 38.4 Å². The highest BCUT2D eigenvalue weighted by molar-refractivity contribution is 6.34. The molecule has 0 saturated heterocycles. The molecule has 0 aromatic heterocycles. The molecule has 0 heterocycles. The SMILES string of the molecule is CC[N+](CC)(CC)CC.Cc1ccc(C(OB(O)OC(c2ccc(C)cc2)c2ccc(C)cc2)c2ccc(C)cc2)cc1. The van der Waals surface area contributed by atoms with Crippen molar-refractivity contribution >= 4 is 7.32 Å². The van der Waals surface area contributed by atoms with E-state index in [9.17, 15) is 5.02 Å². The van der Waals surface area contributed by atoms with Crippen molar-refractivity contribution in [3.63, 3.8) is 0 Å². The lowest BCUT2D eigenvalue weighted by atomic mass is 9.96. The fourth-order valence-corrected chi connectivity index (χ4v) is 5.27. The van der Waals surface area contributed by atoms with Crippen LogP contribution >= 0.6 is 0 Å². The Labute approximate surface area is 261 Å². The molecule has 1 N–H and O–H groups in total. The molecule has 43 heavy (non-hydrogen) atoms. The number of hydrogen-bond acceptors (Lipinski definition) is 3. The van der Waals surface area contributed by atoms with Crippen molar-refractivity contribution in [1.82, 2.24) is 0 Å². The minimum atomic E-state index is -1.43. The first-order chi connectivity index (χ1) is 20.6. The van der Waals surface area contributed by atoms with E-state index in [-0.39, 0.29) is 0 Å². The largest absolute Gasteiger partial charge is 0.638 e. The van der Waals surface area contributed by atoms with Gasteiger partial charge in [0, 0.05) is 0 Å².